The summed E-state index contributed by atoms with van der Waals surface area (Å²) in [5, 5.41) is 2.90. The SMILES string of the molecule is CCOc1ccc(N(C(=O)c2ccccc2)C(C)C(=O)NCCN(C)C)cc1. The van der Waals surface area contributed by atoms with Crippen molar-refractivity contribution in [1.82, 2.24) is 10.2 Å². The molecule has 0 aliphatic rings. The molecule has 0 bridgehead atoms. The van der Waals surface area contributed by atoms with Crippen molar-refractivity contribution in [2.24, 2.45) is 0 Å². The molecular weight excluding hydrogens is 354 g/mol. The molecular formula is C22H29N3O3. The Balaban J connectivity index is 2.27. The zero-order valence-corrected chi connectivity index (χ0v) is 17.0. The van der Waals surface area contributed by atoms with E-state index in [9.17, 15) is 9.59 Å². The number of benzene rings is 2. The summed E-state index contributed by atoms with van der Waals surface area (Å²) < 4.78 is 5.48. The van der Waals surface area contributed by atoms with E-state index in [1.807, 2.05) is 44.1 Å². The van der Waals surface area contributed by atoms with E-state index in [1.165, 1.54) is 4.90 Å². The maximum atomic E-state index is 13.2. The van der Waals surface area contributed by atoms with Gasteiger partial charge in [0.25, 0.3) is 5.91 Å². The van der Waals surface area contributed by atoms with Crippen molar-refractivity contribution in [1.29, 1.82) is 0 Å². The van der Waals surface area contributed by atoms with E-state index in [1.54, 1.807) is 43.3 Å². The molecule has 0 saturated carbocycles. The predicted octanol–water partition coefficient (Wildman–Crippen LogP) is 2.80. The van der Waals surface area contributed by atoms with Gasteiger partial charge in [0.15, 0.2) is 0 Å². The first-order valence-electron chi connectivity index (χ1n) is 9.48. The molecule has 2 aromatic carbocycles. The van der Waals surface area contributed by atoms with E-state index in [4.69, 9.17) is 4.74 Å². The van der Waals surface area contributed by atoms with Gasteiger partial charge in [0.1, 0.15) is 11.8 Å². The van der Waals surface area contributed by atoms with Crippen LogP contribution >= 0.6 is 0 Å². The molecule has 2 rings (SSSR count). The van der Waals surface area contributed by atoms with Crippen LogP contribution in [0.1, 0.15) is 24.2 Å². The lowest BCUT2D eigenvalue weighted by Gasteiger charge is -2.29. The number of nitrogens with zero attached hydrogens (tertiary/aromatic N) is 2. The molecule has 0 radical (unpaired) electrons. The third-order valence-electron chi connectivity index (χ3n) is 4.29. The number of carbonyl (C=O) groups is 2. The Hall–Kier alpha value is -2.86. The van der Waals surface area contributed by atoms with E-state index in [-0.39, 0.29) is 11.8 Å². The number of hydrogen-bond acceptors (Lipinski definition) is 4. The van der Waals surface area contributed by atoms with Crippen LogP contribution in [-0.2, 0) is 4.79 Å². The zero-order chi connectivity index (χ0) is 20.5. The van der Waals surface area contributed by atoms with Gasteiger partial charge in [-0.2, -0.15) is 0 Å². The summed E-state index contributed by atoms with van der Waals surface area (Å²) in [5.74, 6) is 0.307. The molecule has 6 nitrogen and oxygen atoms in total. The van der Waals surface area contributed by atoms with E-state index in [0.717, 1.165) is 12.3 Å². The van der Waals surface area contributed by atoms with E-state index < -0.39 is 6.04 Å². The molecule has 150 valence electrons. The molecule has 6 heteroatoms. The standard InChI is InChI=1S/C22H29N3O3/c1-5-28-20-13-11-19(12-14-20)25(22(27)18-9-7-6-8-10-18)17(2)21(26)23-15-16-24(3)4/h6-14,17H,5,15-16H2,1-4H3,(H,23,26). The van der Waals surface area contributed by atoms with Gasteiger partial charge >= 0.3 is 0 Å². The fourth-order valence-electron chi connectivity index (χ4n) is 2.77. The average molecular weight is 383 g/mol. The number of carbonyl (C=O) groups excluding carboxylic acids is 2. The number of rotatable bonds is 9. The van der Waals surface area contributed by atoms with Crippen LogP contribution in [0, 0.1) is 0 Å². The van der Waals surface area contributed by atoms with Gasteiger partial charge in [-0.3, -0.25) is 14.5 Å². The van der Waals surface area contributed by atoms with Crippen LogP contribution in [0.2, 0.25) is 0 Å². The van der Waals surface area contributed by atoms with E-state index >= 15 is 0 Å². The summed E-state index contributed by atoms with van der Waals surface area (Å²) in [6, 6.07) is 15.5. The fourth-order valence-corrected chi connectivity index (χ4v) is 2.77. The lowest BCUT2D eigenvalue weighted by Crippen LogP contribution is -2.49. The van der Waals surface area contributed by atoms with Gasteiger partial charge in [0.05, 0.1) is 6.61 Å². The molecule has 0 aromatic heterocycles. The Morgan fingerprint density at radius 1 is 1.04 bits per heavy atom. The van der Waals surface area contributed by atoms with E-state index in [0.29, 0.717) is 24.4 Å². The Morgan fingerprint density at radius 2 is 1.68 bits per heavy atom. The summed E-state index contributed by atoms with van der Waals surface area (Å²) in [5.41, 5.74) is 1.18. The second-order valence-electron chi connectivity index (χ2n) is 6.74. The van der Waals surface area contributed by atoms with Crippen LogP contribution in [0.4, 0.5) is 5.69 Å². The molecule has 2 aromatic rings. The molecule has 0 aliphatic carbocycles. The summed E-state index contributed by atoms with van der Waals surface area (Å²) in [7, 11) is 3.89. The molecule has 1 atom stereocenters. The fraction of sp³-hybridized carbons (Fsp3) is 0.364. The summed E-state index contributed by atoms with van der Waals surface area (Å²) in [4.78, 5) is 29.4. The first kappa shape index (κ1) is 21.4. The highest BCUT2D eigenvalue weighted by Gasteiger charge is 2.28. The highest BCUT2D eigenvalue weighted by Crippen LogP contribution is 2.23. The van der Waals surface area contributed by atoms with Crippen molar-refractivity contribution < 1.29 is 14.3 Å². The van der Waals surface area contributed by atoms with E-state index in [2.05, 4.69) is 5.32 Å². The minimum Gasteiger partial charge on any atom is -0.494 e. The number of ether oxygens (including phenoxy) is 1. The molecule has 1 unspecified atom stereocenters. The first-order valence-corrected chi connectivity index (χ1v) is 9.48. The minimum absolute atomic E-state index is 0.194. The monoisotopic (exact) mass is 383 g/mol. The Bertz CT molecular complexity index is 760. The Kier molecular flexibility index (Phi) is 8.02. The van der Waals surface area contributed by atoms with Gasteiger partial charge in [0, 0.05) is 24.3 Å². The third-order valence-corrected chi connectivity index (χ3v) is 4.29. The van der Waals surface area contributed by atoms with Crippen molar-refractivity contribution in [2.45, 2.75) is 19.9 Å². The summed E-state index contributed by atoms with van der Waals surface area (Å²) in [6.07, 6.45) is 0. The quantitative estimate of drug-likeness (QED) is 0.723. The second kappa shape index (κ2) is 10.5. The van der Waals surface area contributed by atoms with Gasteiger partial charge in [0.2, 0.25) is 5.91 Å². The van der Waals surface area contributed by atoms with Gasteiger partial charge in [-0.25, -0.2) is 0 Å². The first-order chi connectivity index (χ1) is 13.4. The summed E-state index contributed by atoms with van der Waals surface area (Å²) in [6.45, 7) is 5.47. The van der Waals surface area contributed by atoms with Gasteiger partial charge < -0.3 is 15.0 Å². The molecule has 28 heavy (non-hydrogen) atoms. The molecule has 0 saturated heterocycles. The predicted molar refractivity (Wildman–Crippen MR) is 112 cm³/mol. The number of nitrogens with one attached hydrogen (secondary N) is 1. The topological polar surface area (TPSA) is 61.9 Å². The van der Waals surface area contributed by atoms with Crippen molar-refractivity contribution in [3.63, 3.8) is 0 Å². The highest BCUT2D eigenvalue weighted by molar-refractivity contribution is 6.09. The average Bonchev–Trinajstić information content (AvgIpc) is 2.69. The molecule has 0 spiro atoms. The van der Waals surface area contributed by atoms with Crippen LogP contribution in [0.15, 0.2) is 54.6 Å². The lowest BCUT2D eigenvalue weighted by molar-refractivity contribution is -0.122. The van der Waals surface area contributed by atoms with Crippen LogP contribution in [0.3, 0.4) is 0 Å². The Labute approximate surface area is 167 Å². The second-order valence-corrected chi connectivity index (χ2v) is 6.74. The van der Waals surface area contributed by atoms with Crippen molar-refractivity contribution in [3.8, 4) is 5.75 Å². The normalized spacial score (nSPS) is 11.8. The minimum atomic E-state index is -0.659. The van der Waals surface area contributed by atoms with Crippen LogP contribution in [0.5, 0.6) is 5.75 Å². The number of hydrogen-bond donors (Lipinski definition) is 1. The molecule has 0 aliphatic heterocycles. The lowest BCUT2D eigenvalue weighted by atomic mass is 10.1. The van der Waals surface area contributed by atoms with Crippen LogP contribution < -0.4 is 15.0 Å². The van der Waals surface area contributed by atoms with Gasteiger partial charge in [-0.15, -0.1) is 0 Å². The number of amides is 2. The highest BCUT2D eigenvalue weighted by atomic mass is 16.5. The van der Waals surface area contributed by atoms with Crippen molar-refractivity contribution >= 4 is 17.5 Å². The van der Waals surface area contributed by atoms with Crippen molar-refractivity contribution in [2.75, 3.05) is 38.7 Å². The number of likely N-dealkylation sites (N-methyl/N-ethyl adjacent to an activating group) is 1. The smallest absolute Gasteiger partial charge is 0.259 e. The molecule has 1 N–H and O–H groups in total. The molecule has 2 amide bonds. The molecule has 0 heterocycles. The molecule has 0 fully saturated rings. The van der Waals surface area contributed by atoms with Crippen LogP contribution in [-0.4, -0.2) is 56.5 Å². The maximum absolute atomic E-state index is 13.2. The van der Waals surface area contributed by atoms with Crippen LogP contribution in [0.25, 0.3) is 0 Å². The maximum Gasteiger partial charge on any atom is 0.259 e. The third kappa shape index (κ3) is 5.82. The number of anilines is 1. The van der Waals surface area contributed by atoms with Gasteiger partial charge in [-0.1, -0.05) is 18.2 Å². The summed E-state index contributed by atoms with van der Waals surface area (Å²) >= 11 is 0. The Morgan fingerprint density at radius 3 is 2.25 bits per heavy atom. The largest absolute Gasteiger partial charge is 0.494 e. The van der Waals surface area contributed by atoms with Crippen molar-refractivity contribution in [3.05, 3.63) is 60.2 Å². The van der Waals surface area contributed by atoms with Gasteiger partial charge in [-0.05, 0) is 64.3 Å². The zero-order valence-electron chi connectivity index (χ0n) is 17.0.